The lowest BCUT2D eigenvalue weighted by atomic mass is 9.77. The Kier molecular flexibility index (Phi) is 2.86. The van der Waals surface area contributed by atoms with Crippen molar-refractivity contribution in [3.05, 3.63) is 11.6 Å². The van der Waals surface area contributed by atoms with E-state index in [0.717, 1.165) is 13.0 Å². The summed E-state index contributed by atoms with van der Waals surface area (Å²) in [4.78, 5) is 14.6. The molecule has 116 valence electrons. The lowest BCUT2D eigenvalue weighted by Crippen LogP contribution is -2.34. The highest BCUT2D eigenvalue weighted by molar-refractivity contribution is 5.76. The fraction of sp³-hybridized carbons (Fsp3) is 0.833. The highest BCUT2D eigenvalue weighted by Gasteiger charge is 2.72. The third-order valence-corrected chi connectivity index (χ3v) is 6.81. The monoisotopic (exact) mass is 289 g/mol. The Balaban J connectivity index is 1.69. The first-order chi connectivity index (χ1) is 9.95. The summed E-state index contributed by atoms with van der Waals surface area (Å²) in [5.74, 6) is 0.593. The molecule has 21 heavy (non-hydrogen) atoms. The van der Waals surface area contributed by atoms with Gasteiger partial charge in [-0.1, -0.05) is 18.6 Å². The van der Waals surface area contributed by atoms with Crippen LogP contribution in [-0.4, -0.2) is 37.6 Å². The van der Waals surface area contributed by atoms with E-state index in [2.05, 4.69) is 32.0 Å². The van der Waals surface area contributed by atoms with E-state index < -0.39 is 0 Å². The van der Waals surface area contributed by atoms with E-state index in [4.69, 9.17) is 4.74 Å². The van der Waals surface area contributed by atoms with Gasteiger partial charge in [-0.2, -0.15) is 0 Å². The molecule has 0 N–H and O–H groups in total. The third kappa shape index (κ3) is 1.86. The van der Waals surface area contributed by atoms with Crippen molar-refractivity contribution in [2.45, 2.75) is 51.6 Å². The number of esters is 1. The van der Waals surface area contributed by atoms with Gasteiger partial charge in [-0.05, 0) is 58.0 Å². The van der Waals surface area contributed by atoms with Crippen molar-refractivity contribution < 1.29 is 9.53 Å². The summed E-state index contributed by atoms with van der Waals surface area (Å²) in [7, 11) is 4.12. The maximum absolute atomic E-state index is 12.4. The van der Waals surface area contributed by atoms with Gasteiger partial charge in [0.05, 0.1) is 5.92 Å². The summed E-state index contributed by atoms with van der Waals surface area (Å²) in [6, 6.07) is 0. The summed E-state index contributed by atoms with van der Waals surface area (Å²) in [5, 5.41) is 0. The second kappa shape index (κ2) is 4.34. The number of carbonyl (C=O) groups is 1. The standard InChI is InChI=1S/C18H27NO2/c1-17-8-4-5-12-6-7-13-14(10-19(2)3)16(20)21-15(13)18(17,9-12)11-17/h5,13-15H,4,6-11H2,1-3H3. The topological polar surface area (TPSA) is 29.5 Å². The van der Waals surface area contributed by atoms with Crippen molar-refractivity contribution in [2.24, 2.45) is 22.7 Å². The lowest BCUT2D eigenvalue weighted by molar-refractivity contribution is -0.147. The van der Waals surface area contributed by atoms with E-state index in [1.165, 1.54) is 32.1 Å². The number of hydrogen-bond donors (Lipinski definition) is 0. The maximum Gasteiger partial charge on any atom is 0.310 e. The third-order valence-electron chi connectivity index (χ3n) is 6.81. The van der Waals surface area contributed by atoms with Crippen LogP contribution >= 0.6 is 0 Å². The van der Waals surface area contributed by atoms with Gasteiger partial charge in [-0.15, -0.1) is 0 Å². The van der Waals surface area contributed by atoms with Crippen molar-refractivity contribution in [1.82, 2.24) is 4.90 Å². The molecule has 3 aliphatic carbocycles. The number of ether oxygens (including phenoxy) is 1. The zero-order chi connectivity index (χ0) is 14.8. The Morgan fingerprint density at radius 1 is 1.43 bits per heavy atom. The second-order valence-corrected chi connectivity index (χ2v) is 8.40. The summed E-state index contributed by atoms with van der Waals surface area (Å²) in [5.41, 5.74) is 2.32. The van der Waals surface area contributed by atoms with Crippen LogP contribution in [0.4, 0.5) is 0 Å². The molecule has 3 heteroatoms. The number of hydrogen-bond acceptors (Lipinski definition) is 3. The van der Waals surface area contributed by atoms with Crippen LogP contribution in [-0.2, 0) is 9.53 Å². The molecule has 1 saturated heterocycles. The van der Waals surface area contributed by atoms with Gasteiger partial charge in [-0.3, -0.25) is 4.79 Å². The van der Waals surface area contributed by atoms with E-state index in [-0.39, 0.29) is 23.4 Å². The van der Waals surface area contributed by atoms with Crippen LogP contribution in [0.5, 0.6) is 0 Å². The summed E-state index contributed by atoms with van der Waals surface area (Å²) in [6.07, 6.45) is 9.94. The predicted molar refractivity (Wildman–Crippen MR) is 81.7 cm³/mol. The number of fused-ring (bicyclic) bond motifs is 2. The SMILES string of the molecule is CN(C)CC1C(=O)OC2C1CCC1=CCCC3(C)CC23C1. The smallest absolute Gasteiger partial charge is 0.310 e. The molecule has 2 bridgehead atoms. The van der Waals surface area contributed by atoms with Crippen LogP contribution in [0.3, 0.4) is 0 Å². The molecular formula is C18H27NO2. The van der Waals surface area contributed by atoms with E-state index >= 15 is 0 Å². The molecule has 3 nitrogen and oxygen atoms in total. The van der Waals surface area contributed by atoms with Crippen LogP contribution in [0.25, 0.3) is 0 Å². The molecule has 5 atom stereocenters. The molecule has 3 fully saturated rings. The number of allylic oxidation sites excluding steroid dienone is 2. The van der Waals surface area contributed by atoms with E-state index in [1.807, 2.05) is 0 Å². The summed E-state index contributed by atoms with van der Waals surface area (Å²) >= 11 is 0. The highest BCUT2D eigenvalue weighted by Crippen LogP contribution is 2.75. The van der Waals surface area contributed by atoms with E-state index in [9.17, 15) is 4.79 Å². The van der Waals surface area contributed by atoms with Crippen LogP contribution in [0.2, 0.25) is 0 Å². The van der Waals surface area contributed by atoms with Crippen LogP contribution in [0, 0.1) is 22.7 Å². The molecule has 0 amide bonds. The molecule has 0 radical (unpaired) electrons. The Labute approximate surface area is 127 Å². The Morgan fingerprint density at radius 2 is 2.24 bits per heavy atom. The molecule has 0 aromatic rings. The average molecular weight is 289 g/mol. The Morgan fingerprint density at radius 3 is 3.00 bits per heavy atom. The van der Waals surface area contributed by atoms with Gasteiger partial charge in [0.25, 0.3) is 0 Å². The number of rotatable bonds is 2. The zero-order valence-electron chi connectivity index (χ0n) is 13.5. The average Bonchev–Trinajstić information content (AvgIpc) is 2.94. The quantitative estimate of drug-likeness (QED) is 0.578. The fourth-order valence-corrected chi connectivity index (χ4v) is 5.59. The molecule has 4 aliphatic rings. The number of nitrogens with zero attached hydrogens (tertiary/aromatic N) is 1. The normalized spacial score (nSPS) is 47.9. The first-order valence-corrected chi connectivity index (χ1v) is 8.48. The number of carbonyl (C=O) groups excluding carboxylic acids is 1. The van der Waals surface area contributed by atoms with Crippen molar-refractivity contribution in [3.63, 3.8) is 0 Å². The minimum absolute atomic E-state index is 0.0685. The van der Waals surface area contributed by atoms with Crippen LogP contribution < -0.4 is 0 Å². The molecule has 1 aliphatic heterocycles. The van der Waals surface area contributed by atoms with Gasteiger partial charge >= 0.3 is 5.97 Å². The molecule has 1 heterocycles. The van der Waals surface area contributed by atoms with Gasteiger partial charge in [0, 0.05) is 17.9 Å². The second-order valence-electron chi connectivity index (χ2n) is 8.40. The van der Waals surface area contributed by atoms with Gasteiger partial charge in [-0.25, -0.2) is 0 Å². The minimum Gasteiger partial charge on any atom is -0.461 e. The summed E-state index contributed by atoms with van der Waals surface area (Å²) < 4.78 is 6.02. The first-order valence-electron chi connectivity index (χ1n) is 8.48. The largest absolute Gasteiger partial charge is 0.461 e. The van der Waals surface area contributed by atoms with Crippen molar-refractivity contribution in [3.8, 4) is 0 Å². The van der Waals surface area contributed by atoms with Crippen LogP contribution in [0.15, 0.2) is 11.6 Å². The van der Waals surface area contributed by atoms with Gasteiger partial charge in [0.15, 0.2) is 0 Å². The predicted octanol–water partition coefficient (Wildman–Crippen LogP) is 3.01. The van der Waals surface area contributed by atoms with Crippen molar-refractivity contribution in [1.29, 1.82) is 0 Å². The van der Waals surface area contributed by atoms with E-state index in [0.29, 0.717) is 11.3 Å². The first kappa shape index (κ1) is 13.8. The van der Waals surface area contributed by atoms with Gasteiger partial charge in [0.1, 0.15) is 6.10 Å². The highest BCUT2D eigenvalue weighted by atomic mass is 16.6. The molecule has 0 aromatic heterocycles. The fourth-order valence-electron chi connectivity index (χ4n) is 5.59. The maximum atomic E-state index is 12.4. The Bertz CT molecular complexity index is 511. The Hall–Kier alpha value is -0.830. The van der Waals surface area contributed by atoms with Crippen molar-refractivity contribution in [2.75, 3.05) is 20.6 Å². The molecule has 2 saturated carbocycles. The van der Waals surface area contributed by atoms with E-state index in [1.54, 1.807) is 5.57 Å². The molecular weight excluding hydrogens is 262 g/mol. The van der Waals surface area contributed by atoms with Gasteiger partial charge < -0.3 is 9.64 Å². The van der Waals surface area contributed by atoms with Crippen molar-refractivity contribution >= 4 is 5.97 Å². The molecule has 5 unspecified atom stereocenters. The zero-order valence-corrected chi connectivity index (χ0v) is 13.5. The van der Waals surface area contributed by atoms with Crippen LogP contribution in [0.1, 0.15) is 45.4 Å². The lowest BCUT2D eigenvalue weighted by Gasteiger charge is -2.29. The molecule has 4 rings (SSSR count). The molecule has 0 aromatic carbocycles. The molecule has 1 spiro atoms. The van der Waals surface area contributed by atoms with Gasteiger partial charge in [0.2, 0.25) is 0 Å². The minimum atomic E-state index is 0.0685. The summed E-state index contributed by atoms with van der Waals surface area (Å²) in [6.45, 7) is 3.27.